The van der Waals surface area contributed by atoms with Crippen LogP contribution in [-0.2, 0) is 0 Å². The van der Waals surface area contributed by atoms with Gasteiger partial charge in [0.1, 0.15) is 0 Å². The molecule has 0 aliphatic heterocycles. The van der Waals surface area contributed by atoms with E-state index in [9.17, 15) is 0 Å². The normalized spacial score (nSPS) is 9.38. The van der Waals surface area contributed by atoms with Crippen LogP contribution in [0.1, 0.15) is 0 Å². The van der Waals surface area contributed by atoms with Crippen molar-refractivity contribution in [3.8, 4) is 0 Å². The summed E-state index contributed by atoms with van der Waals surface area (Å²) in [6.07, 6.45) is 0. The van der Waals surface area contributed by atoms with E-state index in [1.165, 1.54) is 4.66 Å². The summed E-state index contributed by atoms with van der Waals surface area (Å²) in [4.78, 5) is 0. The second kappa shape index (κ2) is 3.34. The molecule has 0 radical (unpaired) electrons. The third-order valence-corrected chi connectivity index (χ3v) is 3.99. The Balaban J connectivity index is 2.92. The Labute approximate surface area is 87.1 Å². The number of anilines is 1. The minimum absolute atomic E-state index is 0.825. The molecule has 1 aromatic heterocycles. The van der Waals surface area contributed by atoms with Gasteiger partial charge in [0.25, 0.3) is 0 Å². The van der Waals surface area contributed by atoms with Gasteiger partial charge in [-0.25, -0.2) is 0 Å². The third kappa shape index (κ3) is 1.56. The van der Waals surface area contributed by atoms with Crippen molar-refractivity contribution >= 4 is 64.9 Å². The summed E-state index contributed by atoms with van der Waals surface area (Å²) in [7, 11) is 1.97. The first kappa shape index (κ1) is 7.25. The van der Waals surface area contributed by atoms with Gasteiger partial charge in [-0.1, -0.05) is 0 Å². The van der Waals surface area contributed by atoms with E-state index < -0.39 is 0 Å². The zero-order valence-corrected chi connectivity index (χ0v) is 9.00. The van der Waals surface area contributed by atoms with Gasteiger partial charge in [-0.05, 0) is 0 Å². The van der Waals surface area contributed by atoms with Crippen LogP contribution in [0.25, 0.3) is 0 Å². The molecule has 0 unspecified atom stereocenters. The molecule has 0 fully saturated rings. The molecule has 0 aliphatic rings. The second-order valence-corrected chi connectivity index (χ2v) is 4.28. The Morgan fingerprint density at radius 2 is 2.50 bits per heavy atom. The van der Waals surface area contributed by atoms with Crippen LogP contribution in [0.3, 0.4) is 0 Å². The van der Waals surface area contributed by atoms with E-state index in [0.717, 1.165) is 49.0 Å². The van der Waals surface area contributed by atoms with Crippen LogP contribution >= 0.6 is 11.3 Å². The fourth-order valence-corrected chi connectivity index (χ4v) is 2.99. The van der Waals surface area contributed by atoms with Crippen LogP contribution in [-0.4, -0.2) is 56.0 Å². The van der Waals surface area contributed by atoms with E-state index in [1.807, 2.05) is 7.05 Å². The van der Waals surface area contributed by atoms with Gasteiger partial charge in [-0.3, -0.25) is 0 Å². The predicted molar refractivity (Wildman–Crippen MR) is 39.3 cm³/mol. The van der Waals surface area contributed by atoms with Crippen molar-refractivity contribution in [1.29, 1.82) is 0 Å². The van der Waals surface area contributed by atoms with Crippen molar-refractivity contribution in [2.24, 2.45) is 0 Å². The van der Waals surface area contributed by atoms with Crippen molar-refractivity contribution in [1.82, 2.24) is 0 Å². The zero-order valence-electron chi connectivity index (χ0n) is 5.06. The van der Waals surface area contributed by atoms with Crippen molar-refractivity contribution in [3.63, 3.8) is 0 Å². The molecule has 1 heterocycles. The molecule has 0 saturated carbocycles. The molecule has 3 heteroatoms. The Morgan fingerprint density at radius 1 is 1.75 bits per heavy atom. The van der Waals surface area contributed by atoms with Crippen molar-refractivity contribution in [2.75, 3.05) is 12.4 Å². The molecule has 0 spiro atoms. The second-order valence-electron chi connectivity index (χ2n) is 1.68. The molecule has 1 N–H and O–H groups in total. The molecule has 0 saturated heterocycles. The van der Waals surface area contributed by atoms with Gasteiger partial charge in [0, 0.05) is 0 Å². The van der Waals surface area contributed by atoms with Gasteiger partial charge in [-0.2, -0.15) is 0 Å². The van der Waals surface area contributed by atoms with Crippen LogP contribution in [0, 0.1) is 0 Å². The van der Waals surface area contributed by atoms with Gasteiger partial charge in [0.2, 0.25) is 0 Å². The van der Waals surface area contributed by atoms with Crippen molar-refractivity contribution < 1.29 is 0 Å². The molecule has 0 amide bonds. The predicted octanol–water partition coefficient (Wildman–Crippen LogP) is 0.584. The molecular formula is C5H6KNS. The number of hydrogen-bond donors (Lipinski definition) is 1. The van der Waals surface area contributed by atoms with Crippen LogP contribution in [0.4, 0.5) is 5.00 Å². The van der Waals surface area contributed by atoms with E-state index in [4.69, 9.17) is 0 Å². The van der Waals surface area contributed by atoms with E-state index in [0.29, 0.717) is 0 Å². The Hall–Kier alpha value is 1.14. The quantitative estimate of drug-likeness (QED) is 0.579. The summed E-state index contributed by atoms with van der Waals surface area (Å²) in [5.74, 6) is 0. The van der Waals surface area contributed by atoms with Crippen LogP contribution in [0.2, 0.25) is 0 Å². The first-order chi connectivity index (χ1) is 3.84. The molecule has 8 heavy (non-hydrogen) atoms. The molecule has 1 rings (SSSR count). The molecular weight excluding hydrogens is 145 g/mol. The molecule has 0 atom stereocenters. The van der Waals surface area contributed by atoms with Gasteiger partial charge < -0.3 is 0 Å². The van der Waals surface area contributed by atoms with Gasteiger partial charge in [-0.15, -0.1) is 0 Å². The van der Waals surface area contributed by atoms with Gasteiger partial charge >= 0.3 is 88.8 Å². The van der Waals surface area contributed by atoms with E-state index in [-0.39, 0.29) is 0 Å². The fourth-order valence-electron chi connectivity index (χ4n) is 0.629. The van der Waals surface area contributed by atoms with Gasteiger partial charge in [0.15, 0.2) is 0 Å². The number of rotatable bonds is 1. The van der Waals surface area contributed by atoms with Crippen LogP contribution in [0.5, 0.6) is 0 Å². The van der Waals surface area contributed by atoms with E-state index in [1.54, 1.807) is 11.3 Å². The maximum absolute atomic E-state index is 3.14. The summed E-state index contributed by atoms with van der Waals surface area (Å²) in [6.45, 7) is 0. The topological polar surface area (TPSA) is 12.0 Å². The van der Waals surface area contributed by atoms with Crippen molar-refractivity contribution in [3.05, 3.63) is 11.4 Å². The monoisotopic (exact) mass is 151 g/mol. The Kier molecular flexibility index (Phi) is 3.03. The van der Waals surface area contributed by atoms with E-state index >= 15 is 0 Å². The van der Waals surface area contributed by atoms with E-state index in [2.05, 4.69) is 16.8 Å². The summed E-state index contributed by atoms with van der Waals surface area (Å²) in [6, 6.07) is 2.19. The number of nitrogens with one attached hydrogen (secondary N) is 1. The van der Waals surface area contributed by atoms with Crippen LogP contribution < -0.4 is 4.97 Å². The van der Waals surface area contributed by atoms with Crippen LogP contribution in [0.15, 0.2) is 11.4 Å². The van der Waals surface area contributed by atoms with Crippen molar-refractivity contribution in [2.45, 2.75) is 0 Å². The molecule has 0 aliphatic carbocycles. The summed E-state index contributed by atoms with van der Waals surface area (Å²) in [5, 5.41) is 6.62. The molecule has 38 valence electrons. The molecule has 0 aromatic carbocycles. The van der Waals surface area contributed by atoms with Gasteiger partial charge in [0.05, 0.1) is 0 Å². The SMILES string of the molecule is CNc1scc[c]1[K]. The maximum atomic E-state index is 3.14. The first-order valence-corrected chi connectivity index (χ1v) is 5.00. The summed E-state index contributed by atoms with van der Waals surface area (Å²) < 4.78 is 1.52. The number of thiophene rings is 1. The molecule has 1 aromatic rings. The minimum atomic E-state index is 0.825. The molecule has 0 bridgehead atoms. The fraction of sp³-hybridized carbons (Fsp3) is 0.200. The zero-order chi connectivity index (χ0) is 5.98. The average molecular weight is 151 g/mol. The third-order valence-electron chi connectivity index (χ3n) is 1.09. The first-order valence-electron chi connectivity index (χ1n) is 2.56. The standard InChI is InChI=1S/C5H6NS.K/c1-6-5-3-2-4-7-5;/h2,4,6H,1H3;. The Bertz CT molecular complexity index is 173. The Morgan fingerprint density at radius 3 is 2.75 bits per heavy atom. The molecule has 1 nitrogen and oxygen atoms in total. The summed E-state index contributed by atoms with van der Waals surface area (Å²) >= 11 is 2.61. The number of hydrogen-bond acceptors (Lipinski definition) is 2. The summed E-state index contributed by atoms with van der Waals surface area (Å²) in [5.41, 5.74) is 0. The average Bonchev–Trinajstić information content (AvgIpc) is 2.14.